The summed E-state index contributed by atoms with van der Waals surface area (Å²) in [5.74, 6) is 2.01. The van der Waals surface area contributed by atoms with Gasteiger partial charge in [-0.15, -0.1) is 11.3 Å². The van der Waals surface area contributed by atoms with E-state index in [9.17, 15) is 0 Å². The molecule has 0 spiro atoms. The Morgan fingerprint density at radius 1 is 0.500 bits per heavy atom. The van der Waals surface area contributed by atoms with E-state index in [1.807, 2.05) is 12.1 Å². The van der Waals surface area contributed by atoms with Crippen molar-refractivity contribution in [2.24, 2.45) is 0 Å². The van der Waals surface area contributed by atoms with Gasteiger partial charge in [0, 0.05) is 47.6 Å². The molecule has 10 aromatic rings. The average molecular weight is 684 g/mol. The van der Waals surface area contributed by atoms with E-state index in [2.05, 4.69) is 140 Å². The maximum atomic E-state index is 6.24. The maximum absolute atomic E-state index is 6.24. The summed E-state index contributed by atoms with van der Waals surface area (Å²) in [5.41, 5.74) is 9.87. The summed E-state index contributed by atoms with van der Waals surface area (Å²) in [7, 11) is 0. The molecule has 1 aliphatic rings. The number of thiophene rings is 1. The second-order valence-electron chi connectivity index (χ2n) is 13.5. The van der Waals surface area contributed by atoms with Crippen LogP contribution >= 0.6 is 11.3 Å². The molecule has 0 saturated heterocycles. The van der Waals surface area contributed by atoms with Gasteiger partial charge in [-0.2, -0.15) is 0 Å². The highest BCUT2D eigenvalue weighted by Gasteiger charge is 2.20. The number of furan rings is 1. The lowest BCUT2D eigenvalue weighted by Crippen LogP contribution is -2.03. The fraction of sp³-hybridized carbons (Fsp3) is 0.0426. The summed E-state index contributed by atoms with van der Waals surface area (Å²) in [5, 5.41) is 7.15. The fourth-order valence-corrected chi connectivity index (χ4v) is 9.10. The van der Waals surface area contributed by atoms with Crippen molar-refractivity contribution in [1.82, 2.24) is 15.0 Å². The van der Waals surface area contributed by atoms with Crippen molar-refractivity contribution >= 4 is 75.9 Å². The molecule has 0 bridgehead atoms. The van der Waals surface area contributed by atoms with Crippen LogP contribution in [-0.2, 0) is 6.42 Å². The van der Waals surface area contributed by atoms with Gasteiger partial charge in [-0.1, -0.05) is 115 Å². The zero-order valence-corrected chi connectivity index (χ0v) is 28.8. The van der Waals surface area contributed by atoms with Gasteiger partial charge in [-0.3, -0.25) is 0 Å². The van der Waals surface area contributed by atoms with Crippen molar-refractivity contribution in [3.05, 3.63) is 162 Å². The van der Waals surface area contributed by atoms with Gasteiger partial charge in [0.25, 0.3) is 0 Å². The second-order valence-corrected chi connectivity index (χ2v) is 14.6. The Balaban J connectivity index is 1.09. The monoisotopic (exact) mass is 683 g/mol. The minimum atomic E-state index is 0.663. The SMILES string of the molecule is C1=C(c2cccc3oc4ccccc4c23)CCc2ccc(-c3nc(-c4ccc5ccccc5c4)nc(-c4cccc5c4sc4ccccc45)n3)cc21. The molecular weight excluding hydrogens is 655 g/mol. The van der Waals surface area contributed by atoms with Gasteiger partial charge in [0.15, 0.2) is 17.5 Å². The Bertz CT molecular complexity index is 3100. The Hall–Kier alpha value is -6.43. The lowest BCUT2D eigenvalue weighted by atomic mass is 9.86. The Kier molecular flexibility index (Phi) is 6.51. The smallest absolute Gasteiger partial charge is 0.165 e. The van der Waals surface area contributed by atoms with Crippen LogP contribution in [0.1, 0.15) is 23.1 Å². The van der Waals surface area contributed by atoms with Crippen molar-refractivity contribution in [3.8, 4) is 34.2 Å². The number of aryl methyl sites for hydroxylation is 1. The molecule has 11 rings (SSSR count). The number of rotatable bonds is 4. The first-order chi connectivity index (χ1) is 25.7. The van der Waals surface area contributed by atoms with Crippen LogP contribution in [0.15, 0.2) is 150 Å². The van der Waals surface area contributed by atoms with E-state index in [4.69, 9.17) is 19.4 Å². The van der Waals surface area contributed by atoms with Crippen LogP contribution in [0.4, 0.5) is 0 Å². The lowest BCUT2D eigenvalue weighted by Gasteiger charge is -2.18. The van der Waals surface area contributed by atoms with Gasteiger partial charge in [0.1, 0.15) is 11.2 Å². The first-order valence-corrected chi connectivity index (χ1v) is 18.5. The summed E-state index contributed by atoms with van der Waals surface area (Å²) in [6.07, 6.45) is 4.28. The molecule has 0 atom stereocenters. The van der Waals surface area contributed by atoms with Crippen molar-refractivity contribution in [2.45, 2.75) is 12.8 Å². The Labute approximate surface area is 303 Å². The largest absolute Gasteiger partial charge is 0.456 e. The Morgan fingerprint density at radius 3 is 2.12 bits per heavy atom. The van der Waals surface area contributed by atoms with E-state index in [1.165, 1.54) is 53.2 Å². The molecule has 4 nitrogen and oxygen atoms in total. The van der Waals surface area contributed by atoms with Crippen LogP contribution in [0, 0.1) is 0 Å². The third-order valence-electron chi connectivity index (χ3n) is 10.4. The van der Waals surface area contributed by atoms with E-state index in [1.54, 1.807) is 11.3 Å². The van der Waals surface area contributed by atoms with Crippen LogP contribution in [0.25, 0.3) is 98.7 Å². The van der Waals surface area contributed by atoms with Crippen LogP contribution in [0.3, 0.4) is 0 Å². The molecule has 3 aromatic heterocycles. The summed E-state index contributed by atoms with van der Waals surface area (Å²) in [6.45, 7) is 0. The normalized spacial score (nSPS) is 13.0. The van der Waals surface area contributed by atoms with E-state index >= 15 is 0 Å². The summed E-state index contributed by atoms with van der Waals surface area (Å²) < 4.78 is 8.68. The number of hydrogen-bond donors (Lipinski definition) is 0. The highest BCUT2D eigenvalue weighted by molar-refractivity contribution is 7.26. The molecule has 0 saturated carbocycles. The molecular formula is C47H29N3OS. The highest BCUT2D eigenvalue weighted by atomic mass is 32.1. The number of hydrogen-bond acceptors (Lipinski definition) is 5. The molecule has 7 aromatic carbocycles. The lowest BCUT2D eigenvalue weighted by molar-refractivity contribution is 0.669. The molecule has 0 fully saturated rings. The summed E-state index contributed by atoms with van der Waals surface area (Å²) in [4.78, 5) is 15.6. The average Bonchev–Trinajstić information content (AvgIpc) is 3.79. The minimum absolute atomic E-state index is 0.663. The van der Waals surface area contributed by atoms with E-state index in [0.29, 0.717) is 17.5 Å². The zero-order valence-electron chi connectivity index (χ0n) is 28.0. The van der Waals surface area contributed by atoms with Crippen LogP contribution in [0.5, 0.6) is 0 Å². The zero-order chi connectivity index (χ0) is 34.2. The van der Waals surface area contributed by atoms with Gasteiger partial charge in [0.2, 0.25) is 0 Å². The number of allylic oxidation sites excluding steroid dienone is 1. The van der Waals surface area contributed by atoms with Gasteiger partial charge >= 0.3 is 0 Å². The summed E-state index contributed by atoms with van der Waals surface area (Å²) in [6, 6.07) is 51.3. The quantitative estimate of drug-likeness (QED) is 0.185. The van der Waals surface area contributed by atoms with Gasteiger partial charge < -0.3 is 4.42 Å². The molecule has 0 N–H and O–H groups in total. The summed E-state index contributed by atoms with van der Waals surface area (Å²) >= 11 is 1.79. The van der Waals surface area contributed by atoms with Gasteiger partial charge in [-0.25, -0.2) is 15.0 Å². The van der Waals surface area contributed by atoms with Crippen molar-refractivity contribution < 1.29 is 4.42 Å². The van der Waals surface area contributed by atoms with Crippen LogP contribution in [-0.4, -0.2) is 15.0 Å². The molecule has 0 aliphatic heterocycles. The molecule has 244 valence electrons. The maximum Gasteiger partial charge on any atom is 0.165 e. The highest BCUT2D eigenvalue weighted by Crippen LogP contribution is 2.41. The van der Waals surface area contributed by atoms with Crippen molar-refractivity contribution in [2.75, 3.05) is 0 Å². The van der Waals surface area contributed by atoms with Crippen molar-refractivity contribution in [3.63, 3.8) is 0 Å². The number of nitrogens with zero attached hydrogens (tertiary/aromatic N) is 3. The number of aromatic nitrogens is 3. The Morgan fingerprint density at radius 2 is 1.19 bits per heavy atom. The predicted octanol–water partition coefficient (Wildman–Crippen LogP) is 12.8. The van der Waals surface area contributed by atoms with Crippen LogP contribution in [0.2, 0.25) is 0 Å². The number of fused-ring (bicyclic) bond motifs is 8. The fourth-order valence-electron chi connectivity index (χ4n) is 7.89. The molecule has 0 radical (unpaired) electrons. The topological polar surface area (TPSA) is 51.8 Å². The standard InChI is InChI=1S/C47H29N3OS/c1-2-10-30-25-32(23-20-28(30)9-1)45-48-46(50-47(49-45)39-15-7-14-37-36-11-4-6-18-42(36)52-44(37)39)33-24-21-29-19-22-31(26-34(29)27-33)35-13-8-17-41-43(35)38-12-3-5-16-40(38)51-41/h1-18,20-21,23-27H,19,22H2. The molecule has 5 heteroatoms. The van der Waals surface area contributed by atoms with Crippen LogP contribution < -0.4 is 0 Å². The van der Waals surface area contributed by atoms with E-state index in [-0.39, 0.29) is 0 Å². The molecule has 52 heavy (non-hydrogen) atoms. The number of benzene rings is 7. The van der Waals surface area contributed by atoms with Gasteiger partial charge in [-0.05, 0) is 82.3 Å². The second kappa shape index (κ2) is 11.6. The molecule has 0 unspecified atom stereocenters. The third kappa shape index (κ3) is 4.70. The first kappa shape index (κ1) is 29.3. The molecule has 3 heterocycles. The first-order valence-electron chi connectivity index (χ1n) is 17.6. The third-order valence-corrected chi connectivity index (χ3v) is 11.7. The number of para-hydroxylation sites is 1. The molecule has 0 amide bonds. The molecule has 1 aliphatic carbocycles. The minimum Gasteiger partial charge on any atom is -0.456 e. The predicted molar refractivity (Wildman–Crippen MR) is 216 cm³/mol. The van der Waals surface area contributed by atoms with E-state index in [0.717, 1.165) is 51.5 Å². The van der Waals surface area contributed by atoms with E-state index < -0.39 is 0 Å². The van der Waals surface area contributed by atoms with Gasteiger partial charge in [0.05, 0.1) is 0 Å². The van der Waals surface area contributed by atoms with Crippen molar-refractivity contribution in [1.29, 1.82) is 0 Å².